The molecule has 0 aliphatic heterocycles. The number of para-hydroxylation sites is 1. The van der Waals surface area contributed by atoms with E-state index in [1.165, 1.54) is 32.7 Å². The Kier molecular flexibility index (Phi) is 5.68. The highest BCUT2D eigenvalue weighted by Gasteiger charge is 2.16. The van der Waals surface area contributed by atoms with Crippen LogP contribution in [0.5, 0.6) is 17.2 Å². The zero-order valence-electron chi connectivity index (χ0n) is 16.4. The van der Waals surface area contributed by atoms with Gasteiger partial charge < -0.3 is 19.5 Å². The molecule has 154 valence electrons. The molecule has 0 aliphatic carbocycles. The molecule has 8 nitrogen and oxygen atoms in total. The molecule has 0 saturated carbocycles. The standard InChI is InChI=1S/C20H18N4O4S2/c1-26-14-8-11(9-15(27-2)17(14)28-3)21-19(25)24-20-23-13(10-29-20)18-22-12-6-4-5-7-16(12)30-18/h4-10H,1-3H3,(H2,21,23,24,25). The molecule has 0 atom stereocenters. The van der Waals surface area contributed by atoms with Crippen LogP contribution in [0.1, 0.15) is 0 Å². The minimum atomic E-state index is -0.436. The smallest absolute Gasteiger partial charge is 0.325 e. The molecular weight excluding hydrogens is 424 g/mol. The van der Waals surface area contributed by atoms with Gasteiger partial charge in [-0.2, -0.15) is 0 Å². The number of hydrogen-bond donors (Lipinski definition) is 2. The third kappa shape index (κ3) is 4.00. The average molecular weight is 443 g/mol. The fourth-order valence-electron chi connectivity index (χ4n) is 2.82. The second-order valence-corrected chi connectivity index (χ2v) is 7.91. The number of fused-ring (bicyclic) bond motifs is 1. The first kappa shape index (κ1) is 19.9. The highest BCUT2D eigenvalue weighted by atomic mass is 32.1. The lowest BCUT2D eigenvalue weighted by Gasteiger charge is -2.14. The number of methoxy groups -OCH3 is 3. The topological polar surface area (TPSA) is 94.6 Å². The van der Waals surface area contributed by atoms with Crippen LogP contribution >= 0.6 is 22.7 Å². The van der Waals surface area contributed by atoms with Gasteiger partial charge in [-0.05, 0) is 12.1 Å². The number of urea groups is 1. The van der Waals surface area contributed by atoms with Gasteiger partial charge in [0, 0.05) is 17.5 Å². The Bertz CT molecular complexity index is 1150. The van der Waals surface area contributed by atoms with E-state index in [0.29, 0.717) is 28.1 Å². The van der Waals surface area contributed by atoms with Crippen molar-refractivity contribution in [1.29, 1.82) is 0 Å². The van der Waals surface area contributed by atoms with E-state index in [2.05, 4.69) is 20.6 Å². The third-order valence-corrected chi connectivity index (χ3v) is 5.98. The fourth-order valence-corrected chi connectivity index (χ4v) is 4.52. The molecular formula is C20H18N4O4S2. The maximum Gasteiger partial charge on any atom is 0.325 e. The number of rotatable bonds is 6. The van der Waals surface area contributed by atoms with Crippen molar-refractivity contribution < 1.29 is 19.0 Å². The SMILES string of the molecule is COc1cc(NC(=O)Nc2nc(-c3nc4ccccc4s3)cs2)cc(OC)c1OC. The van der Waals surface area contributed by atoms with Crippen LogP contribution in [0.25, 0.3) is 20.9 Å². The Balaban J connectivity index is 1.48. The number of aromatic nitrogens is 2. The van der Waals surface area contributed by atoms with Gasteiger partial charge in [-0.1, -0.05) is 12.1 Å². The van der Waals surface area contributed by atoms with Gasteiger partial charge in [0.2, 0.25) is 5.75 Å². The Morgan fingerprint density at radius 2 is 1.70 bits per heavy atom. The summed E-state index contributed by atoms with van der Waals surface area (Å²) in [5.41, 5.74) is 2.15. The summed E-state index contributed by atoms with van der Waals surface area (Å²) < 4.78 is 17.0. The Morgan fingerprint density at radius 3 is 2.37 bits per heavy atom. The maximum atomic E-state index is 12.4. The number of anilines is 2. The zero-order chi connectivity index (χ0) is 21.1. The lowest BCUT2D eigenvalue weighted by Crippen LogP contribution is -2.19. The van der Waals surface area contributed by atoms with Crippen molar-refractivity contribution in [3.05, 3.63) is 41.8 Å². The van der Waals surface area contributed by atoms with Gasteiger partial charge in [-0.15, -0.1) is 22.7 Å². The van der Waals surface area contributed by atoms with Crippen LogP contribution in [0.4, 0.5) is 15.6 Å². The minimum absolute atomic E-state index is 0.436. The molecule has 4 aromatic rings. The molecule has 0 radical (unpaired) electrons. The first-order valence-corrected chi connectivity index (χ1v) is 10.5. The quantitative estimate of drug-likeness (QED) is 0.432. The van der Waals surface area contributed by atoms with Gasteiger partial charge in [0.1, 0.15) is 10.7 Å². The summed E-state index contributed by atoms with van der Waals surface area (Å²) in [5, 5.41) is 8.63. The number of hydrogen-bond acceptors (Lipinski definition) is 8. The Hall–Kier alpha value is -3.37. The molecule has 0 unspecified atom stereocenters. The van der Waals surface area contributed by atoms with Gasteiger partial charge in [-0.25, -0.2) is 14.8 Å². The molecule has 4 rings (SSSR count). The molecule has 0 fully saturated rings. The van der Waals surface area contributed by atoms with Crippen molar-refractivity contribution in [1.82, 2.24) is 9.97 Å². The molecule has 2 N–H and O–H groups in total. The van der Waals surface area contributed by atoms with Gasteiger partial charge in [0.25, 0.3) is 0 Å². The van der Waals surface area contributed by atoms with Crippen molar-refractivity contribution >= 4 is 49.7 Å². The van der Waals surface area contributed by atoms with Crippen molar-refractivity contribution in [3.8, 4) is 28.0 Å². The minimum Gasteiger partial charge on any atom is -0.493 e. The molecule has 10 heteroatoms. The van der Waals surface area contributed by atoms with Crippen molar-refractivity contribution in [2.45, 2.75) is 0 Å². The zero-order valence-corrected chi connectivity index (χ0v) is 18.0. The highest BCUT2D eigenvalue weighted by molar-refractivity contribution is 7.22. The summed E-state index contributed by atoms with van der Waals surface area (Å²) in [6.45, 7) is 0. The van der Waals surface area contributed by atoms with E-state index in [1.807, 2.05) is 29.6 Å². The molecule has 30 heavy (non-hydrogen) atoms. The Morgan fingerprint density at radius 1 is 0.967 bits per heavy atom. The average Bonchev–Trinajstić information content (AvgIpc) is 3.39. The predicted octanol–water partition coefficient (Wildman–Crippen LogP) is 5.09. The van der Waals surface area contributed by atoms with Crippen molar-refractivity contribution in [3.63, 3.8) is 0 Å². The molecule has 0 saturated heterocycles. The number of ether oxygens (including phenoxy) is 3. The van der Waals surface area contributed by atoms with Crippen LogP contribution in [0.15, 0.2) is 41.8 Å². The second-order valence-electron chi connectivity index (χ2n) is 6.02. The first-order chi connectivity index (χ1) is 14.6. The third-order valence-electron chi connectivity index (χ3n) is 4.16. The molecule has 2 aromatic carbocycles. The molecule has 0 aliphatic rings. The van der Waals surface area contributed by atoms with E-state index >= 15 is 0 Å². The molecule has 2 aromatic heterocycles. The van der Waals surface area contributed by atoms with Crippen LogP contribution in [-0.2, 0) is 0 Å². The summed E-state index contributed by atoms with van der Waals surface area (Å²) in [7, 11) is 4.55. The van der Waals surface area contributed by atoms with Gasteiger partial charge in [0.05, 0.1) is 37.2 Å². The number of nitrogens with zero attached hydrogens (tertiary/aromatic N) is 2. The van der Waals surface area contributed by atoms with Crippen molar-refractivity contribution in [2.75, 3.05) is 32.0 Å². The largest absolute Gasteiger partial charge is 0.493 e. The van der Waals surface area contributed by atoms with E-state index in [1.54, 1.807) is 23.5 Å². The van der Waals surface area contributed by atoms with Gasteiger partial charge >= 0.3 is 6.03 Å². The Labute approximate surface area is 180 Å². The number of benzene rings is 2. The van der Waals surface area contributed by atoms with Crippen LogP contribution in [0.3, 0.4) is 0 Å². The summed E-state index contributed by atoms with van der Waals surface area (Å²) in [6, 6.07) is 10.8. The molecule has 0 spiro atoms. The van der Waals surface area contributed by atoms with E-state index in [-0.39, 0.29) is 0 Å². The van der Waals surface area contributed by atoms with Crippen LogP contribution in [0, 0.1) is 0 Å². The van der Waals surface area contributed by atoms with Gasteiger partial charge in [-0.3, -0.25) is 5.32 Å². The number of amides is 2. The van der Waals surface area contributed by atoms with E-state index in [4.69, 9.17) is 14.2 Å². The number of carbonyl (C=O) groups is 1. The predicted molar refractivity (Wildman–Crippen MR) is 119 cm³/mol. The van der Waals surface area contributed by atoms with Crippen molar-refractivity contribution in [2.24, 2.45) is 0 Å². The maximum absolute atomic E-state index is 12.4. The van der Waals surface area contributed by atoms with Gasteiger partial charge in [0.15, 0.2) is 16.6 Å². The summed E-state index contributed by atoms with van der Waals surface area (Å²) >= 11 is 2.89. The number of carbonyl (C=O) groups excluding carboxylic acids is 1. The summed E-state index contributed by atoms with van der Waals surface area (Å²) in [5.74, 6) is 1.34. The first-order valence-electron chi connectivity index (χ1n) is 8.80. The monoisotopic (exact) mass is 442 g/mol. The van der Waals surface area contributed by atoms with Crippen LogP contribution in [0.2, 0.25) is 0 Å². The number of thiazole rings is 2. The van der Waals surface area contributed by atoms with E-state index < -0.39 is 6.03 Å². The van der Waals surface area contributed by atoms with E-state index in [9.17, 15) is 4.79 Å². The molecule has 2 amide bonds. The lowest BCUT2D eigenvalue weighted by molar-refractivity contribution is 0.262. The lowest BCUT2D eigenvalue weighted by atomic mass is 10.2. The molecule has 2 heterocycles. The normalized spacial score (nSPS) is 10.6. The second kappa shape index (κ2) is 8.56. The fraction of sp³-hybridized carbons (Fsp3) is 0.150. The summed E-state index contributed by atoms with van der Waals surface area (Å²) in [6.07, 6.45) is 0. The van der Waals surface area contributed by atoms with E-state index in [0.717, 1.165) is 20.9 Å². The number of nitrogens with one attached hydrogen (secondary N) is 2. The highest BCUT2D eigenvalue weighted by Crippen LogP contribution is 2.40. The summed E-state index contributed by atoms with van der Waals surface area (Å²) in [4.78, 5) is 21.5. The van der Waals surface area contributed by atoms with Crippen LogP contribution < -0.4 is 24.8 Å². The van der Waals surface area contributed by atoms with Crippen LogP contribution in [-0.4, -0.2) is 37.3 Å². The molecule has 0 bridgehead atoms.